The van der Waals surface area contributed by atoms with Crippen molar-refractivity contribution < 1.29 is 44.1 Å². The molecule has 4 fully saturated rings. The first-order valence-corrected chi connectivity index (χ1v) is 17.9. The summed E-state index contributed by atoms with van der Waals surface area (Å²) in [5, 5.41) is 46.5. The summed E-state index contributed by atoms with van der Waals surface area (Å²) >= 11 is 12.6. The highest BCUT2D eigenvalue weighted by Crippen LogP contribution is 2.64. The number of fused-ring (bicyclic) bond motifs is 4. The number of imidazole rings is 2. The SMILES string of the molecule is CNc1nc(Cl)nc2c1ncn2[C@H]1[C@H](ONc2nc(Cl)nc3c2ncn3[C@H]2[C@H](O)[C@H](O)[C@]3(CO)CC[C@H]23)[C@H](O)[C@]2(COP(=O)(O)O)CC[C@H]12. The van der Waals surface area contributed by atoms with Crippen LogP contribution in [0.1, 0.15) is 37.8 Å². The van der Waals surface area contributed by atoms with Crippen LogP contribution in [0.5, 0.6) is 0 Å². The Morgan fingerprint density at radius 1 is 0.898 bits per heavy atom. The molecule has 49 heavy (non-hydrogen) atoms. The number of aromatic nitrogens is 8. The molecular weight excluding hydrogens is 710 g/mol. The van der Waals surface area contributed by atoms with Crippen molar-refractivity contribution >= 4 is 65.0 Å². The molecule has 0 radical (unpaired) electrons. The van der Waals surface area contributed by atoms with Crippen molar-refractivity contribution in [1.82, 2.24) is 39.0 Å². The van der Waals surface area contributed by atoms with Crippen LogP contribution in [0.15, 0.2) is 12.7 Å². The van der Waals surface area contributed by atoms with Gasteiger partial charge in [0.05, 0.1) is 50.2 Å². The van der Waals surface area contributed by atoms with Gasteiger partial charge in [-0.2, -0.15) is 19.9 Å². The lowest BCUT2D eigenvalue weighted by atomic mass is 9.60. The van der Waals surface area contributed by atoms with Crippen molar-refractivity contribution in [2.24, 2.45) is 22.7 Å². The first-order chi connectivity index (χ1) is 23.3. The van der Waals surface area contributed by atoms with Crippen LogP contribution in [0, 0.1) is 22.7 Å². The fourth-order valence-corrected chi connectivity index (χ4v) is 9.55. The van der Waals surface area contributed by atoms with E-state index in [0.717, 1.165) is 0 Å². The normalized spacial score (nSPS) is 35.3. The highest BCUT2D eigenvalue weighted by atomic mass is 35.5. The fraction of sp³-hybridized carbons (Fsp3) is 0.630. The smallest absolute Gasteiger partial charge is 0.396 e. The van der Waals surface area contributed by atoms with E-state index in [1.807, 2.05) is 0 Å². The molecule has 22 heteroatoms. The van der Waals surface area contributed by atoms with E-state index in [0.29, 0.717) is 42.7 Å². The minimum Gasteiger partial charge on any atom is -0.396 e. The number of phosphoric ester groups is 1. The molecule has 0 spiro atoms. The molecule has 0 bridgehead atoms. The van der Waals surface area contributed by atoms with E-state index in [2.05, 4.69) is 40.7 Å². The van der Waals surface area contributed by atoms with Crippen LogP contribution in [0.25, 0.3) is 22.3 Å². The Labute approximate surface area is 286 Å². The van der Waals surface area contributed by atoms with Gasteiger partial charge in [0, 0.05) is 17.9 Å². The second-order valence-electron chi connectivity index (χ2n) is 13.3. The standard InChI is InChI=1S/C27H33Cl2N10O9P/c1-30-20-12-22(35-24(28)33-20)39(9-31-12)15-11-3-5-27(11,7-47-49(44,45)46)19(43)17(15)48-37-21-13-23(36-25(29)34-21)38(8-32-13)14-10-2-4-26(10,6-40)18(42)16(14)41/h8-11,14-19,40-43H,2-7H2,1H3,(H,30,33,35)(H,34,36,37)(H2,44,45,46)/t10-,11-,14-,15-,16+,17+,18+,19+,26+,27+/m1/s1. The Balaban J connectivity index is 1.15. The number of aliphatic hydroxyl groups is 4. The quantitative estimate of drug-likeness (QED) is 0.0634. The largest absolute Gasteiger partial charge is 0.469 e. The van der Waals surface area contributed by atoms with E-state index in [1.54, 1.807) is 16.2 Å². The molecular formula is C27H33Cl2N10O9P. The molecule has 8 N–H and O–H groups in total. The maximum atomic E-state index is 11.8. The van der Waals surface area contributed by atoms with Gasteiger partial charge in [0.15, 0.2) is 34.0 Å². The third-order valence-electron chi connectivity index (χ3n) is 11.4. The lowest BCUT2D eigenvalue weighted by Gasteiger charge is -2.47. The maximum absolute atomic E-state index is 11.8. The van der Waals surface area contributed by atoms with Gasteiger partial charge in [-0.05, 0) is 60.7 Å². The second kappa shape index (κ2) is 11.6. The summed E-state index contributed by atoms with van der Waals surface area (Å²) in [6.07, 6.45) is 0.431. The van der Waals surface area contributed by atoms with Crippen molar-refractivity contribution in [3.05, 3.63) is 23.2 Å². The molecule has 8 rings (SSSR count). The zero-order chi connectivity index (χ0) is 34.6. The number of hydrogen-bond acceptors (Lipinski definition) is 15. The number of nitrogens with zero attached hydrogens (tertiary/aromatic N) is 8. The Kier molecular flexibility index (Phi) is 7.90. The van der Waals surface area contributed by atoms with Crippen molar-refractivity contribution in [2.45, 2.75) is 62.2 Å². The molecule has 10 atom stereocenters. The van der Waals surface area contributed by atoms with Crippen LogP contribution < -0.4 is 10.8 Å². The van der Waals surface area contributed by atoms with Crippen molar-refractivity contribution in [3.63, 3.8) is 0 Å². The number of nitrogens with one attached hydrogen (secondary N) is 2. The third kappa shape index (κ3) is 4.82. The molecule has 4 aliphatic carbocycles. The summed E-state index contributed by atoms with van der Waals surface area (Å²) in [5.74, 6) is -0.224. The average molecular weight is 744 g/mol. The van der Waals surface area contributed by atoms with Crippen LogP contribution in [-0.4, -0.2) is 114 Å². The van der Waals surface area contributed by atoms with Gasteiger partial charge in [0.2, 0.25) is 10.6 Å². The monoisotopic (exact) mass is 742 g/mol. The van der Waals surface area contributed by atoms with E-state index in [-0.39, 0.29) is 40.1 Å². The predicted molar refractivity (Wildman–Crippen MR) is 170 cm³/mol. The summed E-state index contributed by atoms with van der Waals surface area (Å²) < 4.78 is 20.0. The molecule has 0 aromatic carbocycles. The summed E-state index contributed by atoms with van der Waals surface area (Å²) in [6, 6.07) is -1.33. The summed E-state index contributed by atoms with van der Waals surface area (Å²) in [6.45, 7) is -0.716. The summed E-state index contributed by atoms with van der Waals surface area (Å²) in [4.78, 5) is 51.4. The molecule has 0 aliphatic heterocycles. The average Bonchev–Trinajstić information content (AvgIpc) is 3.71. The van der Waals surface area contributed by atoms with Gasteiger partial charge in [0.1, 0.15) is 12.2 Å². The van der Waals surface area contributed by atoms with Gasteiger partial charge in [-0.25, -0.2) is 20.0 Å². The Morgan fingerprint density at radius 3 is 2.00 bits per heavy atom. The number of rotatable bonds is 10. The first-order valence-electron chi connectivity index (χ1n) is 15.6. The van der Waals surface area contributed by atoms with Gasteiger partial charge in [-0.15, -0.1) is 0 Å². The van der Waals surface area contributed by atoms with E-state index >= 15 is 0 Å². The number of halogens is 2. The van der Waals surface area contributed by atoms with Crippen molar-refractivity contribution in [3.8, 4) is 0 Å². The molecule has 4 heterocycles. The molecule has 0 amide bonds. The molecule has 0 saturated heterocycles. The Morgan fingerprint density at radius 2 is 1.47 bits per heavy atom. The lowest BCUT2D eigenvalue weighted by molar-refractivity contribution is -0.102. The lowest BCUT2D eigenvalue weighted by Crippen LogP contribution is -2.49. The predicted octanol–water partition coefficient (Wildman–Crippen LogP) is 0.813. The van der Waals surface area contributed by atoms with Gasteiger partial charge in [-0.1, -0.05) is 0 Å². The molecule has 19 nitrogen and oxygen atoms in total. The topological polar surface area (TPSA) is 268 Å². The van der Waals surface area contributed by atoms with Gasteiger partial charge >= 0.3 is 7.82 Å². The summed E-state index contributed by atoms with van der Waals surface area (Å²) in [7, 11) is -3.23. The van der Waals surface area contributed by atoms with Gasteiger partial charge in [0.25, 0.3) is 0 Å². The minimum atomic E-state index is -4.88. The highest BCUT2D eigenvalue weighted by molar-refractivity contribution is 7.46. The second-order valence-corrected chi connectivity index (χ2v) is 15.2. The van der Waals surface area contributed by atoms with Crippen LogP contribution in [0.3, 0.4) is 0 Å². The molecule has 4 aromatic rings. The molecule has 4 aliphatic rings. The van der Waals surface area contributed by atoms with Crippen molar-refractivity contribution in [1.29, 1.82) is 0 Å². The summed E-state index contributed by atoms with van der Waals surface area (Å²) in [5.41, 5.74) is 2.06. The van der Waals surface area contributed by atoms with Crippen LogP contribution in [-0.2, 0) is 13.9 Å². The van der Waals surface area contributed by atoms with Crippen LogP contribution >= 0.6 is 31.0 Å². The zero-order valence-electron chi connectivity index (χ0n) is 25.7. The number of phosphoric acid groups is 1. The van der Waals surface area contributed by atoms with Gasteiger partial charge in [-0.3, -0.25) is 9.36 Å². The third-order valence-corrected chi connectivity index (χ3v) is 12.2. The molecule has 4 aromatic heterocycles. The van der Waals surface area contributed by atoms with Crippen molar-refractivity contribution in [2.75, 3.05) is 31.1 Å². The molecule has 264 valence electrons. The van der Waals surface area contributed by atoms with E-state index in [1.165, 1.54) is 12.7 Å². The molecule has 0 unspecified atom stereocenters. The maximum Gasteiger partial charge on any atom is 0.469 e. The fourth-order valence-electron chi connectivity index (χ4n) is 8.82. The highest BCUT2D eigenvalue weighted by Gasteiger charge is 2.67. The van der Waals surface area contributed by atoms with E-state index in [9.17, 15) is 34.8 Å². The Hall–Kier alpha value is -2.81. The van der Waals surface area contributed by atoms with E-state index < -0.39 is 67.7 Å². The zero-order valence-corrected chi connectivity index (χ0v) is 28.1. The number of hydrogen-bond donors (Lipinski definition) is 8. The first kappa shape index (κ1) is 33.3. The number of anilines is 2. The van der Waals surface area contributed by atoms with E-state index in [4.69, 9.17) is 32.6 Å². The van der Waals surface area contributed by atoms with Crippen LogP contribution in [0.4, 0.5) is 11.6 Å². The van der Waals surface area contributed by atoms with Gasteiger partial charge < -0.3 is 44.7 Å². The number of aliphatic hydroxyl groups excluding tert-OH is 4. The van der Waals surface area contributed by atoms with Crippen LogP contribution in [0.2, 0.25) is 10.6 Å². The minimum absolute atomic E-state index is 0.0351. The molecule has 4 saturated carbocycles. The Bertz CT molecular complexity index is 1990.